The average Bonchev–Trinajstić information content (AvgIpc) is 2.41. The van der Waals surface area contributed by atoms with E-state index in [0.717, 1.165) is 18.4 Å². The Hall–Kier alpha value is -1.55. The Morgan fingerprint density at radius 1 is 1.21 bits per heavy atom. The molecule has 0 aromatic heterocycles. The van der Waals surface area contributed by atoms with Crippen LogP contribution in [0, 0.1) is 0 Å². The van der Waals surface area contributed by atoms with E-state index in [1.807, 2.05) is 0 Å². The van der Waals surface area contributed by atoms with Crippen LogP contribution in [0.3, 0.4) is 0 Å². The van der Waals surface area contributed by atoms with Crippen LogP contribution in [-0.4, -0.2) is 28.3 Å². The van der Waals surface area contributed by atoms with Gasteiger partial charge in [0.05, 0.1) is 0 Å². The van der Waals surface area contributed by atoms with Crippen LogP contribution < -0.4 is 5.32 Å². The molecular formula is C15H21NO3. The van der Waals surface area contributed by atoms with E-state index < -0.39 is 12.0 Å². The summed E-state index contributed by atoms with van der Waals surface area (Å²) in [6, 6.07) is 6.50. The highest BCUT2D eigenvalue weighted by Crippen LogP contribution is 2.19. The maximum absolute atomic E-state index is 11.3. The van der Waals surface area contributed by atoms with Crippen LogP contribution in [0.15, 0.2) is 24.3 Å². The van der Waals surface area contributed by atoms with E-state index in [2.05, 4.69) is 5.32 Å². The van der Waals surface area contributed by atoms with Crippen molar-refractivity contribution in [2.24, 2.45) is 0 Å². The van der Waals surface area contributed by atoms with Gasteiger partial charge in [0.1, 0.15) is 11.8 Å². The van der Waals surface area contributed by atoms with Gasteiger partial charge < -0.3 is 15.5 Å². The number of aliphatic carboxylic acids is 1. The molecule has 104 valence electrons. The first-order valence-electron chi connectivity index (χ1n) is 6.92. The van der Waals surface area contributed by atoms with Crippen molar-refractivity contribution in [2.45, 2.75) is 50.6 Å². The molecule has 1 aliphatic carbocycles. The number of carboxylic acid groups (broad SMARTS) is 1. The lowest BCUT2D eigenvalue weighted by atomic mass is 9.94. The second kappa shape index (κ2) is 6.57. The van der Waals surface area contributed by atoms with E-state index in [0.29, 0.717) is 12.5 Å². The smallest absolute Gasteiger partial charge is 0.321 e. The number of phenolic OH excluding ortho intramolecular Hbond substituents is 1. The van der Waals surface area contributed by atoms with Crippen molar-refractivity contribution in [2.75, 3.05) is 0 Å². The summed E-state index contributed by atoms with van der Waals surface area (Å²) in [5.74, 6) is -0.602. The van der Waals surface area contributed by atoms with E-state index in [1.165, 1.54) is 19.3 Å². The summed E-state index contributed by atoms with van der Waals surface area (Å²) in [4.78, 5) is 11.3. The first-order valence-corrected chi connectivity index (χ1v) is 6.92. The predicted molar refractivity (Wildman–Crippen MR) is 73.2 cm³/mol. The van der Waals surface area contributed by atoms with E-state index in [4.69, 9.17) is 0 Å². The molecule has 0 radical (unpaired) electrons. The van der Waals surface area contributed by atoms with Gasteiger partial charge in [0.2, 0.25) is 0 Å². The third kappa shape index (κ3) is 4.24. The molecular weight excluding hydrogens is 242 g/mol. The van der Waals surface area contributed by atoms with Crippen molar-refractivity contribution in [3.63, 3.8) is 0 Å². The number of carbonyl (C=O) groups is 1. The molecule has 1 unspecified atom stereocenters. The van der Waals surface area contributed by atoms with Crippen LogP contribution in [0.2, 0.25) is 0 Å². The predicted octanol–water partition coefficient (Wildman–Crippen LogP) is 2.31. The van der Waals surface area contributed by atoms with Gasteiger partial charge in [-0.2, -0.15) is 0 Å². The van der Waals surface area contributed by atoms with Gasteiger partial charge in [-0.25, -0.2) is 0 Å². The van der Waals surface area contributed by atoms with Gasteiger partial charge in [-0.15, -0.1) is 0 Å². The second-order valence-corrected chi connectivity index (χ2v) is 5.26. The molecule has 0 heterocycles. The van der Waals surface area contributed by atoms with Crippen LogP contribution in [-0.2, 0) is 11.2 Å². The highest BCUT2D eigenvalue weighted by molar-refractivity contribution is 5.74. The van der Waals surface area contributed by atoms with Crippen molar-refractivity contribution < 1.29 is 15.0 Å². The number of hydrogen-bond acceptors (Lipinski definition) is 3. The van der Waals surface area contributed by atoms with Crippen molar-refractivity contribution in [3.8, 4) is 5.75 Å². The maximum atomic E-state index is 11.3. The molecule has 0 bridgehead atoms. The lowest BCUT2D eigenvalue weighted by Crippen LogP contribution is -2.45. The number of hydrogen-bond donors (Lipinski definition) is 3. The molecule has 1 aromatic rings. The maximum Gasteiger partial charge on any atom is 0.321 e. The molecule has 2 rings (SSSR count). The van der Waals surface area contributed by atoms with Crippen LogP contribution in [0.1, 0.15) is 37.7 Å². The van der Waals surface area contributed by atoms with E-state index in [1.54, 1.807) is 24.3 Å². The Morgan fingerprint density at radius 3 is 2.42 bits per heavy atom. The van der Waals surface area contributed by atoms with Gasteiger partial charge in [-0.3, -0.25) is 4.79 Å². The number of carboxylic acids is 1. The van der Waals surface area contributed by atoms with Gasteiger partial charge in [-0.1, -0.05) is 31.4 Å². The highest BCUT2D eigenvalue weighted by Gasteiger charge is 2.23. The molecule has 1 fully saturated rings. The molecule has 0 aliphatic heterocycles. The third-order valence-corrected chi connectivity index (χ3v) is 3.72. The van der Waals surface area contributed by atoms with Crippen LogP contribution in [0.4, 0.5) is 0 Å². The zero-order chi connectivity index (χ0) is 13.7. The molecule has 3 N–H and O–H groups in total. The number of rotatable bonds is 5. The average molecular weight is 263 g/mol. The summed E-state index contributed by atoms with van der Waals surface area (Å²) in [6.07, 6.45) is 6.21. The topological polar surface area (TPSA) is 69.6 Å². The minimum atomic E-state index is -0.807. The zero-order valence-corrected chi connectivity index (χ0v) is 11.0. The lowest BCUT2D eigenvalue weighted by molar-refractivity contribution is -0.139. The van der Waals surface area contributed by atoms with E-state index >= 15 is 0 Å². The third-order valence-electron chi connectivity index (χ3n) is 3.72. The van der Waals surface area contributed by atoms with Crippen molar-refractivity contribution in [1.29, 1.82) is 0 Å². The summed E-state index contributed by atoms with van der Waals surface area (Å²) in [5, 5.41) is 21.8. The quantitative estimate of drug-likeness (QED) is 0.762. The molecule has 0 spiro atoms. The Bertz CT molecular complexity index is 410. The first-order chi connectivity index (χ1) is 9.15. The monoisotopic (exact) mass is 263 g/mol. The SMILES string of the molecule is O=C(O)C(Cc1ccc(O)cc1)NC1CCCCC1. The Labute approximate surface area is 113 Å². The molecule has 1 aromatic carbocycles. The molecule has 0 saturated heterocycles. The zero-order valence-electron chi connectivity index (χ0n) is 11.0. The minimum absolute atomic E-state index is 0.205. The Morgan fingerprint density at radius 2 is 1.84 bits per heavy atom. The van der Waals surface area contributed by atoms with Crippen molar-refractivity contribution in [3.05, 3.63) is 29.8 Å². The largest absolute Gasteiger partial charge is 0.508 e. The number of aromatic hydroxyl groups is 1. The van der Waals surface area contributed by atoms with Crippen molar-refractivity contribution in [1.82, 2.24) is 5.32 Å². The fourth-order valence-corrected chi connectivity index (χ4v) is 2.64. The number of benzene rings is 1. The normalized spacial score (nSPS) is 18.1. The summed E-state index contributed by atoms with van der Waals surface area (Å²) in [5.41, 5.74) is 0.925. The summed E-state index contributed by atoms with van der Waals surface area (Å²) < 4.78 is 0. The van der Waals surface area contributed by atoms with Gasteiger partial charge in [0.15, 0.2) is 0 Å². The summed E-state index contributed by atoms with van der Waals surface area (Å²) >= 11 is 0. The van der Waals surface area contributed by atoms with Crippen LogP contribution in [0.5, 0.6) is 5.75 Å². The molecule has 4 heteroatoms. The number of phenols is 1. The van der Waals surface area contributed by atoms with Crippen LogP contribution in [0.25, 0.3) is 0 Å². The molecule has 0 amide bonds. The lowest BCUT2D eigenvalue weighted by Gasteiger charge is -2.26. The van der Waals surface area contributed by atoms with Gasteiger partial charge in [0, 0.05) is 6.04 Å². The minimum Gasteiger partial charge on any atom is -0.508 e. The van der Waals surface area contributed by atoms with E-state index in [9.17, 15) is 15.0 Å². The number of nitrogens with one attached hydrogen (secondary N) is 1. The second-order valence-electron chi connectivity index (χ2n) is 5.26. The van der Waals surface area contributed by atoms with E-state index in [-0.39, 0.29) is 5.75 Å². The fourth-order valence-electron chi connectivity index (χ4n) is 2.64. The van der Waals surface area contributed by atoms with Crippen LogP contribution >= 0.6 is 0 Å². The Kier molecular flexibility index (Phi) is 4.80. The molecule has 1 saturated carbocycles. The summed E-state index contributed by atoms with van der Waals surface area (Å²) in [7, 11) is 0. The molecule has 19 heavy (non-hydrogen) atoms. The van der Waals surface area contributed by atoms with Gasteiger partial charge >= 0.3 is 5.97 Å². The molecule has 1 aliphatic rings. The molecule has 4 nitrogen and oxygen atoms in total. The van der Waals surface area contributed by atoms with Gasteiger partial charge in [-0.05, 0) is 37.0 Å². The van der Waals surface area contributed by atoms with Crippen molar-refractivity contribution >= 4 is 5.97 Å². The molecule has 1 atom stereocenters. The summed E-state index contributed by atoms with van der Waals surface area (Å²) in [6.45, 7) is 0. The Balaban J connectivity index is 1.95. The highest BCUT2D eigenvalue weighted by atomic mass is 16.4. The van der Waals surface area contributed by atoms with Gasteiger partial charge in [0.25, 0.3) is 0 Å². The standard InChI is InChI=1S/C15H21NO3/c17-13-8-6-11(7-9-13)10-14(15(18)19)16-12-4-2-1-3-5-12/h6-9,12,14,16-17H,1-5,10H2,(H,18,19). The first kappa shape index (κ1) is 13.9. The fraction of sp³-hybridized carbons (Fsp3) is 0.533.